The molecule has 4 nitrogen and oxygen atoms in total. The highest BCUT2D eigenvalue weighted by Crippen LogP contribution is 2.22. The molecule has 0 amide bonds. The maximum absolute atomic E-state index is 9.27. The highest BCUT2D eigenvalue weighted by Gasteiger charge is 2.34. The van der Waals surface area contributed by atoms with E-state index in [-0.39, 0.29) is 12.1 Å². The normalized spacial score (nSPS) is 20.9. The molecule has 1 rings (SSSR count). The SMILES string of the molecule is CC(C)N1CCC(C#N)(NCCCO)CC1. The molecule has 2 N–H and O–H groups in total. The van der Waals surface area contributed by atoms with Crippen LogP contribution in [0.25, 0.3) is 0 Å². The van der Waals surface area contributed by atoms with Crippen LogP contribution in [-0.2, 0) is 0 Å². The number of aliphatic hydroxyl groups excluding tert-OH is 1. The zero-order valence-electron chi connectivity index (χ0n) is 10.4. The van der Waals surface area contributed by atoms with Crippen molar-refractivity contribution < 1.29 is 5.11 Å². The van der Waals surface area contributed by atoms with Crippen LogP contribution in [0.3, 0.4) is 0 Å². The zero-order valence-corrected chi connectivity index (χ0v) is 10.4. The number of piperidine rings is 1. The molecule has 4 heteroatoms. The molecule has 1 fully saturated rings. The zero-order chi connectivity index (χ0) is 12.0. The molecule has 0 atom stereocenters. The molecule has 1 aliphatic heterocycles. The van der Waals surface area contributed by atoms with Gasteiger partial charge in [-0.25, -0.2) is 0 Å². The highest BCUT2D eigenvalue weighted by molar-refractivity contribution is 5.09. The van der Waals surface area contributed by atoms with E-state index in [1.165, 1.54) is 0 Å². The number of likely N-dealkylation sites (tertiary alicyclic amines) is 1. The van der Waals surface area contributed by atoms with Crippen LogP contribution in [0.2, 0.25) is 0 Å². The second-order valence-electron chi connectivity index (χ2n) is 4.83. The van der Waals surface area contributed by atoms with Gasteiger partial charge in [0, 0.05) is 25.7 Å². The number of hydrogen-bond donors (Lipinski definition) is 2. The topological polar surface area (TPSA) is 59.3 Å². The van der Waals surface area contributed by atoms with E-state index in [1.54, 1.807) is 0 Å². The maximum atomic E-state index is 9.27. The lowest BCUT2D eigenvalue weighted by Crippen LogP contribution is -2.54. The molecular formula is C12H23N3O. The van der Waals surface area contributed by atoms with Crippen molar-refractivity contribution in [2.24, 2.45) is 0 Å². The molecule has 0 aromatic heterocycles. The average molecular weight is 225 g/mol. The van der Waals surface area contributed by atoms with Crippen molar-refractivity contribution in [1.82, 2.24) is 10.2 Å². The third-order valence-electron chi connectivity index (χ3n) is 3.39. The Morgan fingerprint density at radius 3 is 2.50 bits per heavy atom. The van der Waals surface area contributed by atoms with Crippen LogP contribution in [0.1, 0.15) is 33.1 Å². The second-order valence-corrected chi connectivity index (χ2v) is 4.83. The Balaban J connectivity index is 2.43. The summed E-state index contributed by atoms with van der Waals surface area (Å²) in [6, 6.07) is 2.98. The van der Waals surface area contributed by atoms with Gasteiger partial charge >= 0.3 is 0 Å². The lowest BCUT2D eigenvalue weighted by Gasteiger charge is -2.39. The Labute approximate surface area is 98.2 Å². The number of rotatable bonds is 5. The molecule has 0 unspecified atom stereocenters. The third-order valence-corrected chi connectivity index (χ3v) is 3.39. The largest absolute Gasteiger partial charge is 0.396 e. The maximum Gasteiger partial charge on any atom is 0.109 e. The van der Waals surface area contributed by atoms with E-state index in [0.717, 1.165) is 38.9 Å². The van der Waals surface area contributed by atoms with Gasteiger partial charge in [0.25, 0.3) is 0 Å². The Kier molecular flexibility index (Phi) is 5.20. The molecule has 92 valence electrons. The molecule has 0 aromatic carbocycles. The summed E-state index contributed by atoms with van der Waals surface area (Å²) in [5.74, 6) is 0. The van der Waals surface area contributed by atoms with E-state index >= 15 is 0 Å². The summed E-state index contributed by atoms with van der Waals surface area (Å²) in [5.41, 5.74) is -0.361. The molecule has 0 aromatic rings. The number of aliphatic hydroxyl groups is 1. The first-order valence-electron chi connectivity index (χ1n) is 6.15. The van der Waals surface area contributed by atoms with E-state index < -0.39 is 0 Å². The first kappa shape index (κ1) is 13.4. The van der Waals surface area contributed by atoms with Gasteiger partial charge in [-0.05, 0) is 39.7 Å². The van der Waals surface area contributed by atoms with Crippen LogP contribution < -0.4 is 5.32 Å². The van der Waals surface area contributed by atoms with Crippen molar-refractivity contribution in [3.05, 3.63) is 0 Å². The minimum Gasteiger partial charge on any atom is -0.396 e. The van der Waals surface area contributed by atoms with Crippen molar-refractivity contribution in [3.63, 3.8) is 0 Å². The molecule has 16 heavy (non-hydrogen) atoms. The van der Waals surface area contributed by atoms with Crippen LogP contribution in [0.15, 0.2) is 0 Å². The van der Waals surface area contributed by atoms with Crippen molar-refractivity contribution in [2.45, 2.75) is 44.7 Å². The summed E-state index contributed by atoms with van der Waals surface area (Å²) >= 11 is 0. The molecule has 0 aliphatic carbocycles. The lowest BCUT2D eigenvalue weighted by atomic mass is 9.88. The van der Waals surface area contributed by atoms with Gasteiger partial charge in [0.05, 0.1) is 6.07 Å². The predicted octanol–water partition coefficient (Wildman–Crippen LogP) is 0.725. The monoisotopic (exact) mass is 225 g/mol. The number of nitrogens with zero attached hydrogens (tertiary/aromatic N) is 2. The van der Waals surface area contributed by atoms with E-state index in [0.29, 0.717) is 6.04 Å². The van der Waals surface area contributed by atoms with Crippen molar-refractivity contribution in [3.8, 4) is 6.07 Å². The van der Waals surface area contributed by atoms with E-state index in [1.807, 2.05) is 0 Å². The number of nitriles is 1. The minimum absolute atomic E-state index is 0.187. The fourth-order valence-electron chi connectivity index (χ4n) is 2.16. The van der Waals surface area contributed by atoms with Gasteiger partial charge in [-0.3, -0.25) is 5.32 Å². The first-order chi connectivity index (χ1) is 7.63. The summed E-state index contributed by atoms with van der Waals surface area (Å²) in [5, 5.41) is 21.3. The van der Waals surface area contributed by atoms with E-state index in [4.69, 9.17) is 5.11 Å². The van der Waals surface area contributed by atoms with Gasteiger partial charge in [-0.2, -0.15) is 5.26 Å². The summed E-state index contributed by atoms with van der Waals surface area (Å²) < 4.78 is 0. The summed E-state index contributed by atoms with van der Waals surface area (Å²) in [6.07, 6.45) is 2.48. The summed E-state index contributed by atoms with van der Waals surface area (Å²) in [4.78, 5) is 2.41. The van der Waals surface area contributed by atoms with Crippen LogP contribution >= 0.6 is 0 Å². The van der Waals surface area contributed by atoms with Gasteiger partial charge in [0.2, 0.25) is 0 Å². The lowest BCUT2D eigenvalue weighted by molar-refractivity contribution is 0.135. The minimum atomic E-state index is -0.361. The van der Waals surface area contributed by atoms with Gasteiger partial charge in [0.1, 0.15) is 5.54 Å². The molecule has 1 heterocycles. The Morgan fingerprint density at radius 1 is 1.44 bits per heavy atom. The highest BCUT2D eigenvalue weighted by atomic mass is 16.3. The molecule has 0 bridgehead atoms. The Bertz CT molecular complexity index is 239. The molecule has 1 aliphatic rings. The quantitative estimate of drug-likeness (QED) is 0.677. The number of hydrogen-bond acceptors (Lipinski definition) is 4. The van der Waals surface area contributed by atoms with Crippen molar-refractivity contribution >= 4 is 0 Å². The summed E-state index contributed by atoms with van der Waals surface area (Å²) in [6.45, 7) is 7.27. The van der Waals surface area contributed by atoms with Crippen molar-refractivity contribution in [1.29, 1.82) is 5.26 Å². The van der Waals surface area contributed by atoms with Gasteiger partial charge in [0.15, 0.2) is 0 Å². The standard InChI is InChI=1S/C12H23N3O/c1-11(2)15-7-4-12(10-13,5-8-15)14-6-3-9-16/h11,14,16H,3-9H2,1-2H3. The number of nitrogens with one attached hydrogen (secondary N) is 1. The molecule has 0 radical (unpaired) electrons. The fraction of sp³-hybridized carbons (Fsp3) is 0.917. The second kappa shape index (κ2) is 6.19. The fourth-order valence-corrected chi connectivity index (χ4v) is 2.16. The van der Waals surface area contributed by atoms with Crippen LogP contribution in [0.5, 0.6) is 0 Å². The Morgan fingerprint density at radius 2 is 2.06 bits per heavy atom. The van der Waals surface area contributed by atoms with E-state index in [9.17, 15) is 5.26 Å². The summed E-state index contributed by atoms with van der Waals surface area (Å²) in [7, 11) is 0. The van der Waals surface area contributed by atoms with Gasteiger partial charge in [-0.15, -0.1) is 0 Å². The van der Waals surface area contributed by atoms with Crippen molar-refractivity contribution in [2.75, 3.05) is 26.2 Å². The van der Waals surface area contributed by atoms with E-state index in [2.05, 4.69) is 30.1 Å². The van der Waals surface area contributed by atoms with Crippen LogP contribution in [0, 0.1) is 11.3 Å². The molecule has 0 spiro atoms. The van der Waals surface area contributed by atoms with Gasteiger partial charge in [-0.1, -0.05) is 0 Å². The average Bonchev–Trinajstić information content (AvgIpc) is 2.30. The molecular weight excluding hydrogens is 202 g/mol. The smallest absolute Gasteiger partial charge is 0.109 e. The van der Waals surface area contributed by atoms with Crippen LogP contribution in [0.4, 0.5) is 0 Å². The first-order valence-corrected chi connectivity index (χ1v) is 6.15. The Hall–Kier alpha value is -0.630. The third kappa shape index (κ3) is 3.44. The molecule has 0 saturated carbocycles. The van der Waals surface area contributed by atoms with Gasteiger partial charge < -0.3 is 10.0 Å². The predicted molar refractivity (Wildman–Crippen MR) is 64.0 cm³/mol. The molecule has 1 saturated heterocycles. The van der Waals surface area contributed by atoms with Crippen LogP contribution in [-0.4, -0.2) is 47.8 Å².